The predicted molar refractivity (Wildman–Crippen MR) is 120 cm³/mol. The highest BCUT2D eigenvalue weighted by atomic mass is 32.2. The van der Waals surface area contributed by atoms with Gasteiger partial charge in [0.15, 0.2) is 5.76 Å². The third-order valence-corrected chi connectivity index (χ3v) is 5.83. The van der Waals surface area contributed by atoms with E-state index in [1.54, 1.807) is 43.3 Å². The van der Waals surface area contributed by atoms with Crippen LogP contribution < -0.4 is 10.6 Å². The molecular weight excluding hydrogens is 418 g/mol. The van der Waals surface area contributed by atoms with E-state index >= 15 is 0 Å². The molecule has 0 aliphatic heterocycles. The molecular formula is C22H21N3O5S. The largest absolute Gasteiger partial charge is 0.459 e. The third-order valence-electron chi connectivity index (χ3n) is 4.47. The molecule has 1 unspecified atom stereocenters. The van der Waals surface area contributed by atoms with Gasteiger partial charge in [-0.15, -0.1) is 11.8 Å². The summed E-state index contributed by atoms with van der Waals surface area (Å²) >= 11 is 1.35. The normalized spacial score (nSPS) is 11.5. The van der Waals surface area contributed by atoms with Gasteiger partial charge in [-0.05, 0) is 49.2 Å². The lowest BCUT2D eigenvalue weighted by atomic mass is 10.1. The number of non-ortho nitro benzene ring substituents is 1. The van der Waals surface area contributed by atoms with E-state index in [1.807, 2.05) is 13.0 Å². The molecule has 2 N–H and O–H groups in total. The van der Waals surface area contributed by atoms with Crippen LogP contribution in [0.2, 0.25) is 0 Å². The predicted octanol–water partition coefficient (Wildman–Crippen LogP) is 5.26. The number of nitro groups is 1. The Morgan fingerprint density at radius 3 is 2.61 bits per heavy atom. The van der Waals surface area contributed by atoms with Gasteiger partial charge >= 0.3 is 0 Å². The molecule has 2 aromatic carbocycles. The Morgan fingerprint density at radius 1 is 1.13 bits per heavy atom. The van der Waals surface area contributed by atoms with E-state index in [1.165, 1.54) is 30.2 Å². The van der Waals surface area contributed by atoms with Crippen LogP contribution in [0.1, 0.15) is 29.5 Å². The standard InChI is InChI=1S/C22H21N3O5S/c1-3-20(22(27)24-18-13-16(25(28)29)10-9-14(18)2)31-17-7-4-6-15(12-17)23-21(26)19-8-5-11-30-19/h4-13,20H,3H2,1-2H3,(H,23,26)(H,24,27). The van der Waals surface area contributed by atoms with Gasteiger partial charge in [0.25, 0.3) is 11.6 Å². The molecule has 3 rings (SSSR count). The minimum absolute atomic E-state index is 0.0819. The molecule has 31 heavy (non-hydrogen) atoms. The zero-order valence-electron chi connectivity index (χ0n) is 17.0. The zero-order valence-corrected chi connectivity index (χ0v) is 17.8. The molecule has 9 heteroatoms. The number of nitro benzene ring substituents is 1. The molecule has 0 saturated carbocycles. The summed E-state index contributed by atoms with van der Waals surface area (Å²) in [4.78, 5) is 36.3. The fourth-order valence-electron chi connectivity index (χ4n) is 2.81. The third kappa shape index (κ3) is 5.73. The van der Waals surface area contributed by atoms with E-state index in [2.05, 4.69) is 10.6 Å². The van der Waals surface area contributed by atoms with E-state index in [0.29, 0.717) is 17.8 Å². The van der Waals surface area contributed by atoms with Gasteiger partial charge in [0, 0.05) is 22.7 Å². The minimum atomic E-state index is -0.496. The van der Waals surface area contributed by atoms with Crippen LogP contribution in [0.5, 0.6) is 0 Å². The van der Waals surface area contributed by atoms with Crippen LogP contribution in [-0.2, 0) is 4.79 Å². The smallest absolute Gasteiger partial charge is 0.291 e. The molecule has 2 amide bonds. The second-order valence-electron chi connectivity index (χ2n) is 6.72. The summed E-state index contributed by atoms with van der Waals surface area (Å²) in [5.41, 5.74) is 1.65. The number of anilines is 2. The second-order valence-corrected chi connectivity index (χ2v) is 8.00. The van der Waals surface area contributed by atoms with Crippen LogP contribution in [0.4, 0.5) is 17.1 Å². The molecule has 0 radical (unpaired) electrons. The summed E-state index contributed by atoms with van der Waals surface area (Å²) in [5, 5.41) is 16.2. The van der Waals surface area contributed by atoms with Crippen molar-refractivity contribution in [2.24, 2.45) is 0 Å². The van der Waals surface area contributed by atoms with Gasteiger partial charge in [-0.1, -0.05) is 19.1 Å². The molecule has 8 nitrogen and oxygen atoms in total. The van der Waals surface area contributed by atoms with Crippen LogP contribution in [-0.4, -0.2) is 22.0 Å². The number of nitrogens with one attached hydrogen (secondary N) is 2. The van der Waals surface area contributed by atoms with Crippen molar-refractivity contribution in [2.45, 2.75) is 30.4 Å². The average Bonchev–Trinajstić information content (AvgIpc) is 3.28. The Labute approximate surface area is 183 Å². The molecule has 1 aromatic heterocycles. The van der Waals surface area contributed by atoms with Crippen LogP contribution in [0.15, 0.2) is 70.2 Å². The number of rotatable bonds is 8. The van der Waals surface area contributed by atoms with Gasteiger partial charge in [-0.3, -0.25) is 19.7 Å². The summed E-state index contributed by atoms with van der Waals surface area (Å²) in [6.07, 6.45) is 1.97. The number of hydrogen-bond acceptors (Lipinski definition) is 6. The summed E-state index contributed by atoms with van der Waals surface area (Å²) in [7, 11) is 0. The Morgan fingerprint density at radius 2 is 1.94 bits per heavy atom. The number of amides is 2. The van der Waals surface area contributed by atoms with Crippen molar-refractivity contribution in [3.63, 3.8) is 0 Å². The van der Waals surface area contributed by atoms with Crippen LogP contribution in [0.25, 0.3) is 0 Å². The van der Waals surface area contributed by atoms with Crippen LogP contribution in [0, 0.1) is 17.0 Å². The van der Waals surface area contributed by atoms with Crippen LogP contribution in [0.3, 0.4) is 0 Å². The number of nitrogens with zero attached hydrogens (tertiary/aromatic N) is 1. The molecule has 0 saturated heterocycles. The molecule has 1 heterocycles. The first-order chi connectivity index (χ1) is 14.9. The number of hydrogen-bond donors (Lipinski definition) is 2. The van der Waals surface area contributed by atoms with Crippen molar-refractivity contribution >= 4 is 40.6 Å². The van der Waals surface area contributed by atoms with Gasteiger partial charge in [0.2, 0.25) is 5.91 Å². The van der Waals surface area contributed by atoms with Crippen molar-refractivity contribution in [3.05, 3.63) is 82.3 Å². The van der Waals surface area contributed by atoms with Gasteiger partial charge < -0.3 is 15.1 Å². The zero-order chi connectivity index (χ0) is 22.4. The van der Waals surface area contributed by atoms with E-state index in [0.717, 1.165) is 10.5 Å². The number of furan rings is 1. The lowest BCUT2D eigenvalue weighted by Gasteiger charge is -2.16. The molecule has 0 aliphatic rings. The Bertz CT molecular complexity index is 1100. The van der Waals surface area contributed by atoms with Gasteiger partial charge in [0.05, 0.1) is 22.1 Å². The van der Waals surface area contributed by atoms with Gasteiger partial charge in [-0.2, -0.15) is 0 Å². The Kier molecular flexibility index (Phi) is 7.09. The monoisotopic (exact) mass is 439 g/mol. The molecule has 0 bridgehead atoms. The highest BCUT2D eigenvalue weighted by Gasteiger charge is 2.20. The summed E-state index contributed by atoms with van der Waals surface area (Å²) in [6.45, 7) is 3.67. The quantitative estimate of drug-likeness (QED) is 0.281. The maximum atomic E-state index is 12.8. The van der Waals surface area contributed by atoms with Crippen molar-refractivity contribution in [3.8, 4) is 0 Å². The molecule has 0 aliphatic carbocycles. The summed E-state index contributed by atoms with van der Waals surface area (Å²) < 4.78 is 5.09. The van der Waals surface area contributed by atoms with E-state index < -0.39 is 10.2 Å². The van der Waals surface area contributed by atoms with Crippen molar-refractivity contribution in [1.82, 2.24) is 0 Å². The minimum Gasteiger partial charge on any atom is -0.459 e. The fourth-order valence-corrected chi connectivity index (χ4v) is 3.82. The van der Waals surface area contributed by atoms with Crippen molar-refractivity contribution in [2.75, 3.05) is 10.6 Å². The number of carbonyl (C=O) groups excluding carboxylic acids is 2. The van der Waals surface area contributed by atoms with Crippen molar-refractivity contribution in [1.29, 1.82) is 0 Å². The molecule has 1 atom stereocenters. The highest BCUT2D eigenvalue weighted by Crippen LogP contribution is 2.30. The van der Waals surface area contributed by atoms with E-state index in [-0.39, 0.29) is 23.3 Å². The molecule has 3 aromatic rings. The maximum Gasteiger partial charge on any atom is 0.291 e. The second kappa shape index (κ2) is 9.94. The van der Waals surface area contributed by atoms with Gasteiger partial charge in [-0.25, -0.2) is 0 Å². The number of thioether (sulfide) groups is 1. The van der Waals surface area contributed by atoms with E-state index in [9.17, 15) is 19.7 Å². The number of aryl methyl sites for hydroxylation is 1. The lowest BCUT2D eigenvalue weighted by Crippen LogP contribution is -2.25. The van der Waals surface area contributed by atoms with Crippen molar-refractivity contribution < 1.29 is 18.9 Å². The van der Waals surface area contributed by atoms with E-state index in [4.69, 9.17) is 4.42 Å². The fraction of sp³-hybridized carbons (Fsp3) is 0.182. The Hall–Kier alpha value is -3.59. The molecule has 160 valence electrons. The number of carbonyl (C=O) groups is 2. The first kappa shape index (κ1) is 22.1. The summed E-state index contributed by atoms with van der Waals surface area (Å²) in [6, 6.07) is 14.7. The topological polar surface area (TPSA) is 114 Å². The molecule has 0 fully saturated rings. The maximum absolute atomic E-state index is 12.8. The SMILES string of the molecule is CCC(Sc1cccc(NC(=O)c2ccco2)c1)C(=O)Nc1cc([N+](=O)[O-])ccc1C. The van der Waals surface area contributed by atoms with Crippen LogP contribution >= 0.6 is 11.8 Å². The first-order valence-corrected chi connectivity index (χ1v) is 10.4. The summed E-state index contributed by atoms with van der Waals surface area (Å²) in [5.74, 6) is -0.407. The van der Waals surface area contributed by atoms with Gasteiger partial charge in [0.1, 0.15) is 0 Å². The number of benzene rings is 2. The highest BCUT2D eigenvalue weighted by molar-refractivity contribution is 8.00. The first-order valence-electron chi connectivity index (χ1n) is 9.55. The lowest BCUT2D eigenvalue weighted by molar-refractivity contribution is -0.384. The molecule has 0 spiro atoms. The average molecular weight is 439 g/mol. The Balaban J connectivity index is 1.69.